The fourth-order valence-corrected chi connectivity index (χ4v) is 1.56. The van der Waals surface area contributed by atoms with Crippen LogP contribution in [0.2, 0.25) is 0 Å². The van der Waals surface area contributed by atoms with Crippen LogP contribution in [0, 0.1) is 12.8 Å². The Kier molecular flexibility index (Phi) is 5.63. The summed E-state index contributed by atoms with van der Waals surface area (Å²) < 4.78 is 0. The lowest BCUT2D eigenvalue weighted by molar-refractivity contribution is 0.0952. The molecule has 1 amide bonds. The van der Waals surface area contributed by atoms with Crippen LogP contribution >= 0.6 is 0 Å². The number of rotatable bonds is 6. The summed E-state index contributed by atoms with van der Waals surface area (Å²) in [5.74, 6) is 0.492. The van der Waals surface area contributed by atoms with E-state index in [2.05, 4.69) is 17.2 Å². The predicted octanol–water partition coefficient (Wildman–Crippen LogP) is 1.49. The summed E-state index contributed by atoms with van der Waals surface area (Å²) in [5, 5.41) is 2.90. The maximum Gasteiger partial charge on any atom is 0.251 e. The van der Waals surface area contributed by atoms with Crippen LogP contribution in [0.1, 0.15) is 35.8 Å². The molecule has 1 unspecified atom stereocenters. The SMILES string of the molecule is Cc1cc(C(=O)NCCCC(C)CN)ccn1. The first-order chi connectivity index (χ1) is 8.13. The minimum Gasteiger partial charge on any atom is -0.352 e. The molecule has 1 atom stereocenters. The van der Waals surface area contributed by atoms with E-state index >= 15 is 0 Å². The highest BCUT2D eigenvalue weighted by Gasteiger charge is 2.05. The number of hydrogen-bond donors (Lipinski definition) is 2. The summed E-state index contributed by atoms with van der Waals surface area (Å²) in [4.78, 5) is 15.8. The first-order valence-electron chi connectivity index (χ1n) is 6.04. The van der Waals surface area contributed by atoms with Crippen LogP contribution in [0.5, 0.6) is 0 Å². The second-order valence-electron chi connectivity index (χ2n) is 4.42. The molecule has 0 fully saturated rings. The molecule has 1 rings (SSSR count). The maximum absolute atomic E-state index is 11.7. The zero-order valence-electron chi connectivity index (χ0n) is 10.6. The van der Waals surface area contributed by atoms with Gasteiger partial charge >= 0.3 is 0 Å². The van der Waals surface area contributed by atoms with Gasteiger partial charge in [0.25, 0.3) is 5.91 Å². The molecule has 0 aliphatic rings. The monoisotopic (exact) mass is 235 g/mol. The van der Waals surface area contributed by atoms with E-state index in [1.54, 1.807) is 18.3 Å². The minimum atomic E-state index is -0.0316. The van der Waals surface area contributed by atoms with Gasteiger partial charge in [0.05, 0.1) is 0 Å². The summed E-state index contributed by atoms with van der Waals surface area (Å²) in [6.07, 6.45) is 3.67. The van der Waals surface area contributed by atoms with Gasteiger partial charge in [0.2, 0.25) is 0 Å². The van der Waals surface area contributed by atoms with Crippen molar-refractivity contribution in [1.29, 1.82) is 0 Å². The molecular formula is C13H21N3O. The number of nitrogens with zero attached hydrogens (tertiary/aromatic N) is 1. The van der Waals surface area contributed by atoms with Crippen molar-refractivity contribution < 1.29 is 4.79 Å². The third kappa shape index (κ3) is 4.95. The van der Waals surface area contributed by atoms with Gasteiger partial charge in [-0.05, 0) is 44.4 Å². The number of aromatic nitrogens is 1. The molecule has 0 saturated carbocycles. The van der Waals surface area contributed by atoms with Crippen molar-refractivity contribution in [3.63, 3.8) is 0 Å². The van der Waals surface area contributed by atoms with E-state index < -0.39 is 0 Å². The lowest BCUT2D eigenvalue weighted by Gasteiger charge is -2.09. The lowest BCUT2D eigenvalue weighted by Crippen LogP contribution is -2.25. The Hall–Kier alpha value is -1.42. The van der Waals surface area contributed by atoms with Crippen molar-refractivity contribution in [3.05, 3.63) is 29.6 Å². The van der Waals surface area contributed by atoms with Gasteiger partial charge in [0.1, 0.15) is 0 Å². The Balaban J connectivity index is 2.30. The van der Waals surface area contributed by atoms with Gasteiger partial charge in [0, 0.05) is 24.0 Å². The van der Waals surface area contributed by atoms with Crippen LogP contribution in [0.15, 0.2) is 18.3 Å². The standard InChI is InChI=1S/C13H21N3O/c1-10(9-14)4-3-6-16-13(17)12-5-7-15-11(2)8-12/h5,7-8,10H,3-4,6,9,14H2,1-2H3,(H,16,17). The van der Waals surface area contributed by atoms with Crippen LogP contribution < -0.4 is 11.1 Å². The van der Waals surface area contributed by atoms with Gasteiger partial charge in [0.15, 0.2) is 0 Å². The van der Waals surface area contributed by atoms with E-state index in [1.807, 2.05) is 6.92 Å². The van der Waals surface area contributed by atoms with E-state index in [0.29, 0.717) is 24.6 Å². The molecule has 4 nitrogen and oxygen atoms in total. The van der Waals surface area contributed by atoms with Gasteiger partial charge in [-0.25, -0.2) is 0 Å². The molecule has 0 aromatic carbocycles. The Labute approximate surface area is 103 Å². The molecule has 0 radical (unpaired) electrons. The van der Waals surface area contributed by atoms with Crippen molar-refractivity contribution in [3.8, 4) is 0 Å². The second kappa shape index (κ2) is 7.01. The molecule has 94 valence electrons. The van der Waals surface area contributed by atoms with E-state index in [-0.39, 0.29) is 5.91 Å². The normalized spacial score (nSPS) is 12.2. The third-order valence-electron chi connectivity index (χ3n) is 2.72. The molecule has 0 aliphatic heterocycles. The molecule has 3 N–H and O–H groups in total. The minimum absolute atomic E-state index is 0.0316. The number of amides is 1. The molecule has 1 heterocycles. The molecule has 4 heteroatoms. The molecular weight excluding hydrogens is 214 g/mol. The van der Waals surface area contributed by atoms with Gasteiger partial charge in [-0.3, -0.25) is 9.78 Å². The van der Waals surface area contributed by atoms with E-state index in [9.17, 15) is 4.79 Å². The van der Waals surface area contributed by atoms with Gasteiger partial charge in [-0.2, -0.15) is 0 Å². The van der Waals surface area contributed by atoms with Crippen LogP contribution in [0.4, 0.5) is 0 Å². The summed E-state index contributed by atoms with van der Waals surface area (Å²) in [5.41, 5.74) is 7.05. The summed E-state index contributed by atoms with van der Waals surface area (Å²) in [6.45, 7) is 5.40. The largest absolute Gasteiger partial charge is 0.352 e. The van der Waals surface area contributed by atoms with E-state index in [0.717, 1.165) is 18.5 Å². The van der Waals surface area contributed by atoms with Crippen molar-refractivity contribution in [2.24, 2.45) is 11.7 Å². The third-order valence-corrected chi connectivity index (χ3v) is 2.72. The highest BCUT2D eigenvalue weighted by Crippen LogP contribution is 2.03. The zero-order chi connectivity index (χ0) is 12.7. The lowest BCUT2D eigenvalue weighted by atomic mass is 10.1. The van der Waals surface area contributed by atoms with Gasteiger partial charge in [-0.15, -0.1) is 0 Å². The smallest absolute Gasteiger partial charge is 0.251 e. The van der Waals surface area contributed by atoms with Crippen molar-refractivity contribution >= 4 is 5.91 Å². The highest BCUT2D eigenvalue weighted by atomic mass is 16.1. The number of carbonyl (C=O) groups excluding carboxylic acids is 1. The predicted molar refractivity (Wildman–Crippen MR) is 68.8 cm³/mol. The highest BCUT2D eigenvalue weighted by molar-refractivity contribution is 5.94. The molecule has 0 saturated heterocycles. The summed E-state index contributed by atoms with van der Waals surface area (Å²) in [6, 6.07) is 3.52. The molecule has 0 bridgehead atoms. The number of pyridine rings is 1. The number of nitrogens with one attached hydrogen (secondary N) is 1. The molecule has 1 aromatic rings. The van der Waals surface area contributed by atoms with Crippen molar-refractivity contribution in [2.75, 3.05) is 13.1 Å². The Morgan fingerprint density at radius 3 is 3.00 bits per heavy atom. The van der Waals surface area contributed by atoms with Crippen LogP contribution in [-0.2, 0) is 0 Å². The number of nitrogens with two attached hydrogens (primary N) is 1. The van der Waals surface area contributed by atoms with Crippen LogP contribution in [0.25, 0.3) is 0 Å². The first-order valence-corrected chi connectivity index (χ1v) is 6.04. The van der Waals surface area contributed by atoms with E-state index in [4.69, 9.17) is 5.73 Å². The number of hydrogen-bond acceptors (Lipinski definition) is 3. The topological polar surface area (TPSA) is 68.0 Å². The Bertz CT molecular complexity index is 365. The van der Waals surface area contributed by atoms with E-state index in [1.165, 1.54) is 0 Å². The average Bonchev–Trinajstić information content (AvgIpc) is 2.34. The zero-order valence-corrected chi connectivity index (χ0v) is 10.6. The van der Waals surface area contributed by atoms with Gasteiger partial charge in [-0.1, -0.05) is 6.92 Å². The number of aryl methyl sites for hydroxylation is 1. The quantitative estimate of drug-likeness (QED) is 0.734. The number of carbonyl (C=O) groups is 1. The Morgan fingerprint density at radius 2 is 2.35 bits per heavy atom. The van der Waals surface area contributed by atoms with Crippen LogP contribution in [-0.4, -0.2) is 24.0 Å². The molecule has 0 spiro atoms. The summed E-state index contributed by atoms with van der Waals surface area (Å²) >= 11 is 0. The summed E-state index contributed by atoms with van der Waals surface area (Å²) in [7, 11) is 0. The van der Waals surface area contributed by atoms with Crippen molar-refractivity contribution in [2.45, 2.75) is 26.7 Å². The first kappa shape index (κ1) is 13.6. The van der Waals surface area contributed by atoms with Gasteiger partial charge < -0.3 is 11.1 Å². The average molecular weight is 235 g/mol. The molecule has 0 aliphatic carbocycles. The fourth-order valence-electron chi connectivity index (χ4n) is 1.56. The molecule has 1 aromatic heterocycles. The second-order valence-corrected chi connectivity index (χ2v) is 4.42. The fraction of sp³-hybridized carbons (Fsp3) is 0.538. The molecule has 17 heavy (non-hydrogen) atoms. The Morgan fingerprint density at radius 1 is 1.59 bits per heavy atom. The van der Waals surface area contributed by atoms with Crippen molar-refractivity contribution in [1.82, 2.24) is 10.3 Å². The maximum atomic E-state index is 11.7. The van der Waals surface area contributed by atoms with Crippen LogP contribution in [0.3, 0.4) is 0 Å².